The molecule has 2 amide bonds. The second-order valence-electron chi connectivity index (χ2n) is 4.35. The van der Waals surface area contributed by atoms with E-state index in [0.29, 0.717) is 18.3 Å². The Morgan fingerprint density at radius 1 is 1.47 bits per heavy atom. The Kier molecular flexibility index (Phi) is 4.01. The lowest BCUT2D eigenvalue weighted by Crippen LogP contribution is -2.58. The monoisotopic (exact) mass is 285 g/mol. The second kappa shape index (κ2) is 5.54. The van der Waals surface area contributed by atoms with Crippen LogP contribution in [0.15, 0.2) is 6.20 Å². The van der Waals surface area contributed by atoms with E-state index in [9.17, 15) is 14.7 Å². The highest BCUT2D eigenvalue weighted by molar-refractivity contribution is 7.15. The SMILES string of the molecule is Cc1cnc(NC(=O)NC2(C(=O)O)CCOCC2)s1. The third-order valence-electron chi connectivity index (χ3n) is 2.95. The summed E-state index contributed by atoms with van der Waals surface area (Å²) in [6.07, 6.45) is 2.15. The molecule has 1 aliphatic rings. The van der Waals surface area contributed by atoms with Crippen LogP contribution in [0.3, 0.4) is 0 Å². The summed E-state index contributed by atoms with van der Waals surface area (Å²) in [4.78, 5) is 28.2. The van der Waals surface area contributed by atoms with Crippen molar-refractivity contribution in [1.82, 2.24) is 10.3 Å². The topological polar surface area (TPSA) is 101 Å². The van der Waals surface area contributed by atoms with Crippen LogP contribution in [-0.4, -0.2) is 40.8 Å². The van der Waals surface area contributed by atoms with Crippen molar-refractivity contribution in [3.8, 4) is 0 Å². The summed E-state index contributed by atoms with van der Waals surface area (Å²) in [5.74, 6) is -1.04. The van der Waals surface area contributed by atoms with Crippen LogP contribution >= 0.6 is 11.3 Å². The lowest BCUT2D eigenvalue weighted by molar-refractivity contribution is -0.148. The van der Waals surface area contributed by atoms with Crippen LogP contribution in [0.25, 0.3) is 0 Å². The van der Waals surface area contributed by atoms with E-state index in [0.717, 1.165) is 4.88 Å². The van der Waals surface area contributed by atoms with Gasteiger partial charge in [0.25, 0.3) is 0 Å². The molecule has 1 aromatic rings. The molecule has 8 heteroatoms. The molecule has 7 nitrogen and oxygen atoms in total. The Morgan fingerprint density at radius 3 is 2.68 bits per heavy atom. The first-order chi connectivity index (χ1) is 9.02. The smallest absolute Gasteiger partial charge is 0.329 e. The zero-order valence-electron chi connectivity index (χ0n) is 10.4. The number of rotatable bonds is 3. The van der Waals surface area contributed by atoms with Gasteiger partial charge in [-0.1, -0.05) is 0 Å². The average molecular weight is 285 g/mol. The standard InChI is InChI=1S/C11H15N3O4S/c1-7-6-12-10(19-7)13-9(17)14-11(8(15)16)2-4-18-5-3-11/h6H,2-5H2,1H3,(H,15,16)(H2,12,13,14,17). The Balaban J connectivity index is 2.01. The number of ether oxygens (including phenoxy) is 1. The largest absolute Gasteiger partial charge is 0.480 e. The van der Waals surface area contributed by atoms with Gasteiger partial charge in [-0.3, -0.25) is 5.32 Å². The van der Waals surface area contributed by atoms with Crippen molar-refractivity contribution < 1.29 is 19.4 Å². The molecular formula is C11H15N3O4S. The number of carboxylic acid groups (broad SMARTS) is 1. The van der Waals surface area contributed by atoms with Crippen LogP contribution in [0, 0.1) is 6.92 Å². The molecule has 0 spiro atoms. The van der Waals surface area contributed by atoms with Crippen molar-refractivity contribution in [3.05, 3.63) is 11.1 Å². The Morgan fingerprint density at radius 2 is 2.16 bits per heavy atom. The number of aliphatic carboxylic acids is 1. The van der Waals surface area contributed by atoms with Crippen molar-refractivity contribution in [2.24, 2.45) is 0 Å². The summed E-state index contributed by atoms with van der Waals surface area (Å²) in [6.45, 7) is 2.52. The molecule has 0 atom stereocenters. The Labute approximate surface area is 114 Å². The van der Waals surface area contributed by atoms with Gasteiger partial charge in [-0.05, 0) is 6.92 Å². The number of nitrogens with one attached hydrogen (secondary N) is 2. The normalized spacial score (nSPS) is 17.7. The first-order valence-corrected chi connectivity index (χ1v) is 6.66. The predicted molar refractivity (Wildman–Crippen MR) is 69.4 cm³/mol. The number of thiazole rings is 1. The van der Waals surface area contributed by atoms with Crippen LogP contribution in [-0.2, 0) is 9.53 Å². The summed E-state index contributed by atoms with van der Waals surface area (Å²) in [7, 11) is 0. The number of aryl methyl sites for hydroxylation is 1. The number of urea groups is 1. The number of nitrogens with zero attached hydrogens (tertiary/aromatic N) is 1. The van der Waals surface area contributed by atoms with Gasteiger partial charge in [0.1, 0.15) is 5.54 Å². The number of hydrogen-bond donors (Lipinski definition) is 3. The summed E-state index contributed by atoms with van der Waals surface area (Å²) in [5, 5.41) is 14.8. The van der Waals surface area contributed by atoms with E-state index in [2.05, 4.69) is 15.6 Å². The summed E-state index contributed by atoms with van der Waals surface area (Å²) in [6, 6.07) is -0.557. The van der Waals surface area contributed by atoms with Crippen LogP contribution in [0.5, 0.6) is 0 Å². The second-order valence-corrected chi connectivity index (χ2v) is 5.59. The molecule has 2 rings (SSSR count). The Hall–Kier alpha value is -1.67. The first-order valence-electron chi connectivity index (χ1n) is 5.85. The molecule has 0 saturated carbocycles. The van der Waals surface area contributed by atoms with Gasteiger partial charge in [-0.25, -0.2) is 14.6 Å². The van der Waals surface area contributed by atoms with Gasteiger partial charge < -0.3 is 15.2 Å². The van der Waals surface area contributed by atoms with Crippen molar-refractivity contribution >= 4 is 28.5 Å². The predicted octanol–water partition coefficient (Wildman–Crippen LogP) is 1.21. The molecule has 19 heavy (non-hydrogen) atoms. The lowest BCUT2D eigenvalue weighted by Gasteiger charge is -2.33. The van der Waals surface area contributed by atoms with Gasteiger partial charge in [0.05, 0.1) is 0 Å². The average Bonchev–Trinajstić information content (AvgIpc) is 2.75. The number of amides is 2. The number of aromatic nitrogens is 1. The molecule has 104 valence electrons. The van der Waals surface area contributed by atoms with E-state index in [-0.39, 0.29) is 12.8 Å². The van der Waals surface area contributed by atoms with Crippen molar-refractivity contribution in [3.63, 3.8) is 0 Å². The van der Waals surface area contributed by atoms with E-state index in [1.54, 1.807) is 6.20 Å². The summed E-state index contributed by atoms with van der Waals surface area (Å²) >= 11 is 1.33. The van der Waals surface area contributed by atoms with Gasteiger partial charge in [-0.2, -0.15) is 0 Å². The van der Waals surface area contributed by atoms with Gasteiger partial charge in [0.15, 0.2) is 5.13 Å². The van der Waals surface area contributed by atoms with E-state index in [1.807, 2.05) is 6.92 Å². The van der Waals surface area contributed by atoms with Crippen molar-refractivity contribution in [2.45, 2.75) is 25.3 Å². The zero-order valence-corrected chi connectivity index (χ0v) is 11.2. The lowest BCUT2D eigenvalue weighted by atomic mass is 9.90. The molecule has 1 saturated heterocycles. The van der Waals surface area contributed by atoms with E-state index in [1.165, 1.54) is 11.3 Å². The summed E-state index contributed by atoms with van der Waals surface area (Å²) in [5.41, 5.74) is -1.26. The van der Waals surface area contributed by atoms with Crippen LogP contribution in [0.1, 0.15) is 17.7 Å². The third-order valence-corrected chi connectivity index (χ3v) is 3.78. The van der Waals surface area contributed by atoms with Crippen LogP contribution in [0.2, 0.25) is 0 Å². The Bertz CT molecular complexity index is 482. The maximum atomic E-state index is 11.8. The molecule has 0 aliphatic carbocycles. The zero-order chi connectivity index (χ0) is 13.9. The number of carbonyl (C=O) groups is 2. The minimum absolute atomic E-state index is 0.257. The first kappa shape index (κ1) is 13.8. The number of hydrogen-bond acceptors (Lipinski definition) is 5. The molecule has 3 N–H and O–H groups in total. The maximum absolute atomic E-state index is 11.8. The molecule has 2 heterocycles. The minimum atomic E-state index is -1.26. The molecule has 1 aliphatic heterocycles. The number of carboxylic acids is 1. The van der Waals surface area contributed by atoms with Gasteiger partial charge in [-0.15, -0.1) is 11.3 Å². The van der Waals surface area contributed by atoms with Gasteiger partial charge >= 0.3 is 12.0 Å². The molecule has 1 fully saturated rings. The molecule has 0 bridgehead atoms. The highest BCUT2D eigenvalue weighted by Crippen LogP contribution is 2.22. The van der Waals surface area contributed by atoms with Gasteiger partial charge in [0, 0.05) is 37.1 Å². The maximum Gasteiger partial charge on any atom is 0.329 e. The van der Waals surface area contributed by atoms with Crippen molar-refractivity contribution in [1.29, 1.82) is 0 Å². The van der Waals surface area contributed by atoms with Crippen molar-refractivity contribution in [2.75, 3.05) is 18.5 Å². The van der Waals surface area contributed by atoms with E-state index < -0.39 is 17.5 Å². The molecule has 0 aromatic carbocycles. The highest BCUT2D eigenvalue weighted by atomic mass is 32.1. The number of carbonyl (C=O) groups excluding carboxylic acids is 1. The van der Waals surface area contributed by atoms with Crippen LogP contribution < -0.4 is 10.6 Å². The van der Waals surface area contributed by atoms with E-state index in [4.69, 9.17) is 4.74 Å². The number of anilines is 1. The summed E-state index contributed by atoms with van der Waals surface area (Å²) < 4.78 is 5.13. The van der Waals surface area contributed by atoms with Gasteiger partial charge in [0.2, 0.25) is 0 Å². The quantitative estimate of drug-likeness (QED) is 0.775. The molecule has 0 radical (unpaired) electrons. The fourth-order valence-corrected chi connectivity index (χ4v) is 2.53. The highest BCUT2D eigenvalue weighted by Gasteiger charge is 2.41. The fourth-order valence-electron chi connectivity index (χ4n) is 1.87. The third kappa shape index (κ3) is 3.21. The molecular weight excluding hydrogens is 270 g/mol. The fraction of sp³-hybridized carbons (Fsp3) is 0.545. The molecule has 1 aromatic heterocycles. The van der Waals surface area contributed by atoms with E-state index >= 15 is 0 Å². The molecule has 0 unspecified atom stereocenters. The minimum Gasteiger partial charge on any atom is -0.480 e. The van der Waals surface area contributed by atoms with Crippen LogP contribution in [0.4, 0.5) is 9.93 Å².